The summed E-state index contributed by atoms with van der Waals surface area (Å²) in [6.45, 7) is 5.61. The van der Waals surface area contributed by atoms with Gasteiger partial charge in [0.05, 0.1) is 19.8 Å². The lowest BCUT2D eigenvalue weighted by molar-refractivity contribution is -0.134. The summed E-state index contributed by atoms with van der Waals surface area (Å²) in [5.41, 5.74) is 0.972. The number of piperidine rings is 1. The molecule has 1 amide bonds. The van der Waals surface area contributed by atoms with E-state index in [0.29, 0.717) is 47.6 Å². The predicted molar refractivity (Wildman–Crippen MR) is 126 cm³/mol. The molecule has 1 heterocycles. The summed E-state index contributed by atoms with van der Waals surface area (Å²) in [5, 5.41) is 20.4. The van der Waals surface area contributed by atoms with E-state index >= 15 is 0 Å². The number of rotatable bonds is 7. The van der Waals surface area contributed by atoms with E-state index < -0.39 is 11.9 Å². The van der Waals surface area contributed by atoms with Gasteiger partial charge in [-0.25, -0.2) is 4.79 Å². The molecule has 1 fully saturated rings. The Balaban J connectivity index is 2.08. The molecule has 7 nitrogen and oxygen atoms in total. The van der Waals surface area contributed by atoms with Crippen LogP contribution in [0.4, 0.5) is 0 Å². The van der Waals surface area contributed by atoms with Crippen molar-refractivity contribution in [3.63, 3.8) is 0 Å². The van der Waals surface area contributed by atoms with Crippen molar-refractivity contribution in [3.8, 4) is 17.2 Å². The third-order valence-corrected chi connectivity index (χ3v) is 6.45. The molecule has 1 unspecified atom stereocenters. The van der Waals surface area contributed by atoms with Crippen molar-refractivity contribution in [2.75, 3.05) is 27.3 Å². The first-order valence-electron chi connectivity index (χ1n) is 10.9. The number of carbonyl (C=O) groups excluding carboxylic acids is 1. The monoisotopic (exact) mass is 475 g/mol. The number of hydrogen-bond acceptors (Lipinski definition) is 5. The molecule has 0 radical (unpaired) electrons. The molecule has 2 aromatic carbocycles. The SMILES string of the molecule is COc1cc(O)c(C(CC(=O)N2C[C@H](C)C[C@H](C)C2)c2ccc(C(=O)O)cc2Cl)c(OC)c1. The van der Waals surface area contributed by atoms with Crippen LogP contribution in [0.2, 0.25) is 5.02 Å². The highest BCUT2D eigenvalue weighted by Crippen LogP contribution is 2.45. The Bertz CT molecular complexity index is 1030. The number of amides is 1. The number of methoxy groups -OCH3 is 2. The number of likely N-dealkylation sites (tertiary alicyclic amines) is 1. The Kier molecular flexibility index (Phi) is 7.74. The van der Waals surface area contributed by atoms with Gasteiger partial charge >= 0.3 is 5.97 Å². The van der Waals surface area contributed by atoms with E-state index in [1.807, 2.05) is 4.90 Å². The van der Waals surface area contributed by atoms with Gasteiger partial charge in [-0.05, 0) is 36.0 Å². The van der Waals surface area contributed by atoms with Crippen LogP contribution in [0.15, 0.2) is 30.3 Å². The number of carboxylic acids is 1. The second-order valence-electron chi connectivity index (χ2n) is 8.81. The molecule has 0 aromatic heterocycles. The molecular weight excluding hydrogens is 446 g/mol. The lowest BCUT2D eigenvalue weighted by atomic mass is 9.85. The lowest BCUT2D eigenvalue weighted by Crippen LogP contribution is -2.43. The van der Waals surface area contributed by atoms with Gasteiger partial charge in [-0.15, -0.1) is 0 Å². The fraction of sp³-hybridized carbons (Fsp3) is 0.440. The van der Waals surface area contributed by atoms with E-state index in [0.717, 1.165) is 6.42 Å². The first-order valence-corrected chi connectivity index (χ1v) is 11.3. The first kappa shape index (κ1) is 24.7. The Morgan fingerprint density at radius 1 is 1.12 bits per heavy atom. The van der Waals surface area contributed by atoms with Crippen molar-refractivity contribution in [2.24, 2.45) is 11.8 Å². The largest absolute Gasteiger partial charge is 0.507 e. The van der Waals surface area contributed by atoms with Crippen molar-refractivity contribution in [3.05, 3.63) is 52.0 Å². The number of aromatic hydroxyl groups is 1. The van der Waals surface area contributed by atoms with E-state index in [2.05, 4.69) is 13.8 Å². The second kappa shape index (κ2) is 10.3. The van der Waals surface area contributed by atoms with Gasteiger partial charge < -0.3 is 24.6 Å². The van der Waals surface area contributed by atoms with Crippen LogP contribution in [-0.4, -0.2) is 54.3 Å². The first-order chi connectivity index (χ1) is 15.6. The number of carbonyl (C=O) groups is 2. The van der Waals surface area contributed by atoms with Gasteiger partial charge in [0.15, 0.2) is 0 Å². The molecule has 178 valence electrons. The second-order valence-corrected chi connectivity index (χ2v) is 9.21. The number of phenols is 1. The average molecular weight is 476 g/mol. The minimum absolute atomic E-state index is 0.0402. The highest BCUT2D eigenvalue weighted by molar-refractivity contribution is 6.31. The molecule has 0 bridgehead atoms. The summed E-state index contributed by atoms with van der Waals surface area (Å²) in [4.78, 5) is 26.6. The zero-order valence-electron chi connectivity index (χ0n) is 19.3. The van der Waals surface area contributed by atoms with Crippen LogP contribution in [0.1, 0.15) is 54.1 Å². The van der Waals surface area contributed by atoms with E-state index in [4.69, 9.17) is 21.1 Å². The number of aromatic carboxylic acids is 1. The summed E-state index contributed by atoms with van der Waals surface area (Å²) in [5.74, 6) is -0.347. The van der Waals surface area contributed by atoms with E-state index in [-0.39, 0.29) is 28.7 Å². The molecule has 8 heteroatoms. The van der Waals surface area contributed by atoms with E-state index in [1.54, 1.807) is 12.1 Å². The third kappa shape index (κ3) is 5.53. The maximum atomic E-state index is 13.4. The van der Waals surface area contributed by atoms with Gasteiger partial charge in [-0.3, -0.25) is 4.79 Å². The minimum atomic E-state index is -1.10. The normalized spacial score (nSPS) is 19.1. The molecule has 0 saturated carbocycles. The maximum Gasteiger partial charge on any atom is 0.335 e. The molecule has 33 heavy (non-hydrogen) atoms. The maximum absolute atomic E-state index is 13.4. The number of benzene rings is 2. The van der Waals surface area contributed by atoms with Crippen LogP contribution in [0.3, 0.4) is 0 Å². The molecule has 3 rings (SSSR count). The smallest absolute Gasteiger partial charge is 0.335 e. The van der Waals surface area contributed by atoms with Gasteiger partial charge in [0.2, 0.25) is 5.91 Å². The highest BCUT2D eigenvalue weighted by Gasteiger charge is 2.32. The number of ether oxygens (including phenoxy) is 2. The average Bonchev–Trinajstić information content (AvgIpc) is 2.76. The van der Waals surface area contributed by atoms with Crippen LogP contribution in [0.5, 0.6) is 17.2 Å². The molecule has 2 aromatic rings. The van der Waals surface area contributed by atoms with Crippen molar-refractivity contribution in [1.82, 2.24) is 4.90 Å². The Morgan fingerprint density at radius 2 is 1.79 bits per heavy atom. The standard InChI is InChI=1S/C25H30ClNO6/c1-14-7-15(2)13-27(12-14)23(29)11-19(18-6-5-16(25(30)31)8-20(18)26)24-21(28)9-17(32-3)10-22(24)33-4/h5-6,8-10,14-15,19,28H,7,11-13H2,1-4H3,(H,30,31)/t14-,15+,19?. The molecule has 0 spiro atoms. The number of halogens is 1. The van der Waals surface area contributed by atoms with Gasteiger partial charge in [0, 0.05) is 48.1 Å². The van der Waals surface area contributed by atoms with Crippen LogP contribution < -0.4 is 9.47 Å². The molecule has 3 atom stereocenters. The summed E-state index contributed by atoms with van der Waals surface area (Å²) >= 11 is 6.50. The zero-order chi connectivity index (χ0) is 24.3. The number of hydrogen-bond donors (Lipinski definition) is 2. The predicted octanol–water partition coefficient (Wildman–Crippen LogP) is 4.79. The zero-order valence-corrected chi connectivity index (χ0v) is 20.1. The fourth-order valence-corrected chi connectivity index (χ4v) is 5.02. The van der Waals surface area contributed by atoms with Crippen LogP contribution in [0, 0.1) is 11.8 Å². The van der Waals surface area contributed by atoms with Crippen molar-refractivity contribution >= 4 is 23.5 Å². The molecule has 1 aliphatic rings. The quantitative estimate of drug-likeness (QED) is 0.597. The van der Waals surface area contributed by atoms with Gasteiger partial charge in [-0.1, -0.05) is 31.5 Å². The molecule has 1 aliphatic heterocycles. The van der Waals surface area contributed by atoms with Gasteiger partial charge in [-0.2, -0.15) is 0 Å². The van der Waals surface area contributed by atoms with Crippen molar-refractivity contribution in [1.29, 1.82) is 0 Å². The van der Waals surface area contributed by atoms with Gasteiger partial charge in [0.25, 0.3) is 0 Å². The Labute approximate surface area is 198 Å². The minimum Gasteiger partial charge on any atom is -0.507 e. The Morgan fingerprint density at radius 3 is 2.33 bits per heavy atom. The van der Waals surface area contributed by atoms with E-state index in [9.17, 15) is 19.8 Å². The summed E-state index contributed by atoms with van der Waals surface area (Å²) in [6.07, 6.45) is 1.12. The third-order valence-electron chi connectivity index (χ3n) is 6.12. The topological polar surface area (TPSA) is 96.3 Å². The lowest BCUT2D eigenvalue weighted by Gasteiger charge is -2.36. The fourth-order valence-electron chi connectivity index (χ4n) is 4.70. The highest BCUT2D eigenvalue weighted by atomic mass is 35.5. The van der Waals surface area contributed by atoms with Gasteiger partial charge in [0.1, 0.15) is 17.2 Å². The molecular formula is C25H30ClNO6. The molecule has 2 N–H and O–H groups in total. The van der Waals surface area contributed by atoms with Crippen LogP contribution in [0.25, 0.3) is 0 Å². The van der Waals surface area contributed by atoms with Crippen molar-refractivity contribution < 1.29 is 29.3 Å². The van der Waals surface area contributed by atoms with Crippen molar-refractivity contribution in [2.45, 2.75) is 32.6 Å². The molecule has 1 saturated heterocycles. The number of carboxylic acid groups (broad SMARTS) is 1. The van der Waals surface area contributed by atoms with Crippen LogP contribution >= 0.6 is 11.6 Å². The number of nitrogens with zero attached hydrogens (tertiary/aromatic N) is 1. The molecule has 0 aliphatic carbocycles. The summed E-state index contributed by atoms with van der Waals surface area (Å²) < 4.78 is 10.8. The van der Waals surface area contributed by atoms with Crippen LogP contribution in [-0.2, 0) is 4.79 Å². The number of phenolic OH excluding ortho intramolecular Hbond substituents is 1. The Hall–Kier alpha value is -2.93. The van der Waals surface area contributed by atoms with E-state index in [1.165, 1.54) is 32.4 Å². The summed E-state index contributed by atoms with van der Waals surface area (Å²) in [6, 6.07) is 7.49. The summed E-state index contributed by atoms with van der Waals surface area (Å²) in [7, 11) is 2.95.